The van der Waals surface area contributed by atoms with Crippen LogP contribution in [0.1, 0.15) is 20.3 Å². The van der Waals surface area contributed by atoms with E-state index in [1.54, 1.807) is 28.6 Å². The number of anilines is 1. The Bertz CT molecular complexity index is 634. The number of nitrogens with one attached hydrogen (secondary N) is 1. The summed E-state index contributed by atoms with van der Waals surface area (Å²) in [5.41, 5.74) is 0.614. The molecule has 0 aromatic heterocycles. The van der Waals surface area contributed by atoms with Crippen molar-refractivity contribution < 1.29 is 13.2 Å². The van der Waals surface area contributed by atoms with E-state index in [1.807, 2.05) is 6.26 Å². The van der Waals surface area contributed by atoms with Crippen molar-refractivity contribution in [3.8, 4) is 0 Å². The lowest BCUT2D eigenvalue weighted by Crippen LogP contribution is -2.42. The normalized spacial score (nSPS) is 22.7. The number of sulfonamides is 1. The molecule has 1 aromatic carbocycles. The molecule has 1 amide bonds. The first kappa shape index (κ1) is 18.3. The van der Waals surface area contributed by atoms with E-state index in [4.69, 9.17) is 0 Å². The van der Waals surface area contributed by atoms with E-state index in [1.165, 1.54) is 11.8 Å². The predicted molar refractivity (Wildman–Crippen MR) is 95.2 cm³/mol. The number of hydrogen-bond donors (Lipinski definition) is 1. The average molecular weight is 357 g/mol. The third kappa shape index (κ3) is 4.71. The van der Waals surface area contributed by atoms with Gasteiger partial charge in [0.05, 0.1) is 10.6 Å². The van der Waals surface area contributed by atoms with Crippen LogP contribution >= 0.6 is 11.8 Å². The zero-order chi connectivity index (χ0) is 17.0. The molecule has 0 spiro atoms. The maximum absolute atomic E-state index is 12.7. The van der Waals surface area contributed by atoms with Gasteiger partial charge in [-0.2, -0.15) is 16.1 Å². The average Bonchev–Trinajstić information content (AvgIpc) is 2.47. The molecule has 2 rings (SSSR count). The second-order valence-electron chi connectivity index (χ2n) is 6.27. The van der Waals surface area contributed by atoms with Crippen LogP contribution in [0.15, 0.2) is 29.2 Å². The smallest absolute Gasteiger partial charge is 0.243 e. The van der Waals surface area contributed by atoms with Crippen molar-refractivity contribution in [2.45, 2.75) is 25.2 Å². The van der Waals surface area contributed by atoms with E-state index in [-0.39, 0.29) is 10.8 Å². The molecule has 23 heavy (non-hydrogen) atoms. The summed E-state index contributed by atoms with van der Waals surface area (Å²) in [5.74, 6) is 1.04. The fourth-order valence-electron chi connectivity index (χ4n) is 2.99. The topological polar surface area (TPSA) is 66.5 Å². The first-order chi connectivity index (χ1) is 10.8. The third-order valence-electron chi connectivity index (χ3n) is 3.89. The van der Waals surface area contributed by atoms with Gasteiger partial charge in [-0.05, 0) is 48.8 Å². The summed E-state index contributed by atoms with van der Waals surface area (Å²) in [4.78, 5) is 11.8. The number of carbonyl (C=O) groups is 1. The molecule has 0 radical (unpaired) electrons. The maximum Gasteiger partial charge on any atom is 0.243 e. The van der Waals surface area contributed by atoms with E-state index in [0.29, 0.717) is 36.4 Å². The minimum absolute atomic E-state index is 0.0909. The second-order valence-corrected chi connectivity index (χ2v) is 9.08. The second kappa shape index (κ2) is 7.68. The summed E-state index contributed by atoms with van der Waals surface area (Å²) < 4.78 is 27.1. The lowest BCUT2D eigenvalue weighted by atomic mass is 9.94. The highest BCUT2D eigenvalue weighted by molar-refractivity contribution is 7.99. The molecule has 1 aromatic rings. The quantitative estimate of drug-likeness (QED) is 0.881. The zero-order valence-corrected chi connectivity index (χ0v) is 15.4. The first-order valence-corrected chi connectivity index (χ1v) is 10.6. The molecule has 1 saturated heterocycles. The molecule has 128 valence electrons. The van der Waals surface area contributed by atoms with Crippen LogP contribution in [0, 0.1) is 11.8 Å². The van der Waals surface area contributed by atoms with Crippen molar-refractivity contribution >= 4 is 33.4 Å². The van der Waals surface area contributed by atoms with Gasteiger partial charge in [-0.25, -0.2) is 8.42 Å². The van der Waals surface area contributed by atoms with Gasteiger partial charge in [0.15, 0.2) is 0 Å². The minimum atomic E-state index is -3.47. The van der Waals surface area contributed by atoms with E-state index in [2.05, 4.69) is 19.2 Å². The lowest BCUT2D eigenvalue weighted by Gasteiger charge is -2.34. The highest BCUT2D eigenvalue weighted by atomic mass is 32.2. The molecule has 7 heteroatoms. The number of nitrogens with zero attached hydrogens (tertiary/aromatic N) is 1. The van der Waals surface area contributed by atoms with Crippen LogP contribution in [0.25, 0.3) is 0 Å². The van der Waals surface area contributed by atoms with Gasteiger partial charge < -0.3 is 5.32 Å². The Labute approximate surface area is 142 Å². The summed E-state index contributed by atoms with van der Waals surface area (Å²) in [7, 11) is -3.47. The van der Waals surface area contributed by atoms with Crippen LogP contribution in [-0.4, -0.2) is 43.7 Å². The summed E-state index contributed by atoms with van der Waals surface area (Å²) in [6.45, 7) is 5.31. The summed E-state index contributed by atoms with van der Waals surface area (Å²) in [5, 5.41) is 2.75. The van der Waals surface area contributed by atoms with E-state index < -0.39 is 10.0 Å². The molecule has 0 bridgehead atoms. The first-order valence-electron chi connectivity index (χ1n) is 7.72. The Kier molecular flexibility index (Phi) is 6.11. The Hall–Kier alpha value is -1.05. The fourth-order valence-corrected chi connectivity index (χ4v) is 5.00. The number of amides is 1. The molecular weight excluding hydrogens is 332 g/mol. The molecule has 0 saturated carbocycles. The van der Waals surface area contributed by atoms with Gasteiger partial charge in [0.2, 0.25) is 15.9 Å². The molecule has 1 N–H and O–H groups in total. The van der Waals surface area contributed by atoms with Crippen LogP contribution in [0.3, 0.4) is 0 Å². The van der Waals surface area contributed by atoms with Gasteiger partial charge in [0, 0.05) is 18.8 Å². The predicted octanol–water partition coefficient (Wildman–Crippen LogP) is 2.65. The van der Waals surface area contributed by atoms with E-state index in [9.17, 15) is 13.2 Å². The number of benzene rings is 1. The molecule has 0 aliphatic carbocycles. The molecule has 1 aliphatic rings. The standard InChI is InChI=1S/C16H24N2O3S2/c1-12-8-13(2)10-18(9-12)23(20,21)15-6-4-14(5-7-15)17-16(19)11-22-3/h4-7,12-13H,8-11H2,1-3H3,(H,17,19)/t12-,13-/m1/s1. The molecule has 1 fully saturated rings. The van der Waals surface area contributed by atoms with Crippen molar-refractivity contribution in [2.75, 3.05) is 30.4 Å². The largest absolute Gasteiger partial charge is 0.325 e. The number of hydrogen-bond acceptors (Lipinski definition) is 4. The molecule has 2 atom stereocenters. The molecular formula is C16H24N2O3S2. The highest BCUT2D eigenvalue weighted by Crippen LogP contribution is 2.27. The monoisotopic (exact) mass is 356 g/mol. The van der Waals surface area contributed by atoms with Gasteiger partial charge in [0.25, 0.3) is 0 Å². The lowest BCUT2D eigenvalue weighted by molar-refractivity contribution is -0.113. The molecule has 0 unspecified atom stereocenters. The van der Waals surface area contributed by atoms with Crippen LogP contribution in [0.5, 0.6) is 0 Å². The van der Waals surface area contributed by atoms with Crippen molar-refractivity contribution in [3.63, 3.8) is 0 Å². The number of thioether (sulfide) groups is 1. The van der Waals surface area contributed by atoms with Crippen LogP contribution < -0.4 is 5.32 Å². The van der Waals surface area contributed by atoms with Crippen LogP contribution in [0.4, 0.5) is 5.69 Å². The van der Waals surface area contributed by atoms with Crippen molar-refractivity contribution in [1.82, 2.24) is 4.31 Å². The SMILES string of the molecule is CSCC(=O)Nc1ccc(S(=O)(=O)N2C[C@H](C)C[C@@H](C)C2)cc1. The zero-order valence-electron chi connectivity index (χ0n) is 13.8. The maximum atomic E-state index is 12.7. The summed E-state index contributed by atoms with van der Waals surface area (Å²) >= 11 is 1.44. The van der Waals surface area contributed by atoms with Gasteiger partial charge in [0.1, 0.15) is 0 Å². The minimum Gasteiger partial charge on any atom is -0.325 e. The molecule has 5 nitrogen and oxygen atoms in total. The Balaban J connectivity index is 2.12. The van der Waals surface area contributed by atoms with Crippen molar-refractivity contribution in [3.05, 3.63) is 24.3 Å². The number of carbonyl (C=O) groups excluding carboxylic acids is 1. The summed E-state index contributed by atoms with van der Waals surface area (Å²) in [6.07, 6.45) is 2.92. The summed E-state index contributed by atoms with van der Waals surface area (Å²) in [6, 6.07) is 6.41. The van der Waals surface area contributed by atoms with Gasteiger partial charge in [-0.1, -0.05) is 13.8 Å². The van der Waals surface area contributed by atoms with Crippen LogP contribution in [0.2, 0.25) is 0 Å². The van der Waals surface area contributed by atoms with E-state index >= 15 is 0 Å². The fraction of sp³-hybridized carbons (Fsp3) is 0.562. The van der Waals surface area contributed by atoms with Crippen molar-refractivity contribution in [2.24, 2.45) is 11.8 Å². The number of piperidine rings is 1. The van der Waals surface area contributed by atoms with Crippen molar-refractivity contribution in [1.29, 1.82) is 0 Å². The number of rotatable bonds is 5. The van der Waals surface area contributed by atoms with Gasteiger partial charge in [-0.15, -0.1) is 0 Å². The molecule has 1 heterocycles. The molecule has 1 aliphatic heterocycles. The highest BCUT2D eigenvalue weighted by Gasteiger charge is 2.31. The van der Waals surface area contributed by atoms with Gasteiger partial charge in [-0.3, -0.25) is 4.79 Å². The van der Waals surface area contributed by atoms with E-state index in [0.717, 1.165) is 6.42 Å². The Morgan fingerprint density at radius 2 is 1.78 bits per heavy atom. The van der Waals surface area contributed by atoms with Crippen LogP contribution in [-0.2, 0) is 14.8 Å². The Morgan fingerprint density at radius 3 is 2.30 bits per heavy atom. The third-order valence-corrected chi connectivity index (χ3v) is 6.28. The Morgan fingerprint density at radius 1 is 1.22 bits per heavy atom. The van der Waals surface area contributed by atoms with Gasteiger partial charge >= 0.3 is 0 Å².